The molecular weight excluding hydrogens is 258 g/mol. The van der Waals surface area contributed by atoms with Crippen molar-refractivity contribution in [2.45, 2.75) is 53.1 Å². The smallest absolute Gasteiger partial charge is 0.137 e. The average Bonchev–Trinajstić information content (AvgIpc) is 2.23. The summed E-state index contributed by atoms with van der Waals surface area (Å²) in [5.74, 6) is 0.722. The first-order valence-electron chi connectivity index (χ1n) is 6.70. The Kier molecular flexibility index (Phi) is 5.28. The van der Waals surface area contributed by atoms with Gasteiger partial charge < -0.3 is 10.1 Å². The van der Waals surface area contributed by atoms with Gasteiger partial charge in [-0.2, -0.15) is 0 Å². The molecule has 0 spiro atoms. The van der Waals surface area contributed by atoms with Crippen LogP contribution in [0.15, 0.2) is 18.2 Å². The van der Waals surface area contributed by atoms with Crippen LogP contribution in [0.3, 0.4) is 0 Å². The van der Waals surface area contributed by atoms with Gasteiger partial charge in [0.2, 0.25) is 0 Å². The number of ether oxygens (including phenoxy) is 1. The van der Waals surface area contributed by atoms with Crippen molar-refractivity contribution in [2.24, 2.45) is 5.41 Å². The summed E-state index contributed by atoms with van der Waals surface area (Å²) in [6.07, 6.45) is 1.11. The largest absolute Gasteiger partial charge is 0.495 e. The summed E-state index contributed by atoms with van der Waals surface area (Å²) in [5, 5.41) is 4.26. The summed E-state index contributed by atoms with van der Waals surface area (Å²) in [6, 6.07) is 5.92. The lowest BCUT2D eigenvalue weighted by Crippen LogP contribution is -2.41. The van der Waals surface area contributed by atoms with Crippen LogP contribution in [0.25, 0.3) is 0 Å². The van der Waals surface area contributed by atoms with Crippen molar-refractivity contribution in [2.75, 3.05) is 7.11 Å². The maximum absolute atomic E-state index is 6.13. The second kappa shape index (κ2) is 6.15. The van der Waals surface area contributed by atoms with Crippen molar-refractivity contribution in [1.82, 2.24) is 5.32 Å². The zero-order valence-electron chi connectivity index (χ0n) is 12.9. The van der Waals surface area contributed by atoms with Crippen molar-refractivity contribution in [3.05, 3.63) is 28.8 Å². The first-order valence-corrected chi connectivity index (χ1v) is 7.08. The van der Waals surface area contributed by atoms with Gasteiger partial charge in [-0.1, -0.05) is 38.4 Å². The van der Waals surface area contributed by atoms with E-state index in [1.807, 2.05) is 18.2 Å². The molecule has 0 amide bonds. The molecule has 0 unspecified atom stereocenters. The number of hydrogen-bond donors (Lipinski definition) is 1. The number of hydrogen-bond acceptors (Lipinski definition) is 2. The minimum absolute atomic E-state index is 0.102. The van der Waals surface area contributed by atoms with Gasteiger partial charge in [-0.15, -0.1) is 0 Å². The zero-order chi connectivity index (χ0) is 14.7. The third-order valence-electron chi connectivity index (χ3n) is 2.96. The molecule has 108 valence electrons. The Morgan fingerprint density at radius 2 is 1.79 bits per heavy atom. The highest BCUT2D eigenvalue weighted by Crippen LogP contribution is 2.28. The quantitative estimate of drug-likeness (QED) is 0.849. The Balaban J connectivity index is 2.64. The molecule has 1 N–H and O–H groups in total. The van der Waals surface area contributed by atoms with Crippen molar-refractivity contribution < 1.29 is 4.74 Å². The number of halogens is 1. The van der Waals surface area contributed by atoms with E-state index in [1.54, 1.807) is 7.11 Å². The summed E-state index contributed by atoms with van der Waals surface area (Å²) in [5.41, 5.74) is 1.59. The topological polar surface area (TPSA) is 21.3 Å². The Morgan fingerprint density at radius 3 is 2.26 bits per heavy atom. The lowest BCUT2D eigenvalue weighted by molar-refractivity contribution is 0.240. The minimum atomic E-state index is 0.102. The molecule has 3 heteroatoms. The van der Waals surface area contributed by atoms with E-state index in [-0.39, 0.29) is 5.54 Å². The van der Waals surface area contributed by atoms with E-state index in [0.717, 1.165) is 18.7 Å². The second-order valence-electron chi connectivity index (χ2n) is 6.94. The normalized spacial score (nSPS) is 12.6. The van der Waals surface area contributed by atoms with Crippen molar-refractivity contribution in [1.29, 1.82) is 0 Å². The van der Waals surface area contributed by atoms with Crippen molar-refractivity contribution >= 4 is 11.6 Å². The summed E-state index contributed by atoms with van der Waals surface area (Å²) in [7, 11) is 1.63. The van der Waals surface area contributed by atoms with E-state index >= 15 is 0 Å². The first-order chi connectivity index (χ1) is 8.63. The van der Waals surface area contributed by atoms with Crippen LogP contribution in [0, 0.1) is 5.41 Å². The lowest BCUT2D eigenvalue weighted by atomic mass is 9.82. The van der Waals surface area contributed by atoms with Gasteiger partial charge >= 0.3 is 0 Å². The molecule has 1 aromatic carbocycles. The van der Waals surface area contributed by atoms with Gasteiger partial charge in [-0.05, 0) is 43.4 Å². The Morgan fingerprint density at radius 1 is 1.16 bits per heavy atom. The maximum Gasteiger partial charge on any atom is 0.137 e. The monoisotopic (exact) mass is 283 g/mol. The summed E-state index contributed by atoms with van der Waals surface area (Å²) < 4.78 is 5.16. The first kappa shape index (κ1) is 16.3. The van der Waals surface area contributed by atoms with E-state index in [0.29, 0.717) is 10.4 Å². The number of nitrogens with one attached hydrogen (secondary N) is 1. The van der Waals surface area contributed by atoms with Gasteiger partial charge in [-0.25, -0.2) is 0 Å². The highest BCUT2D eigenvalue weighted by atomic mass is 35.5. The standard InChI is InChI=1S/C16H26ClNO/c1-15(2,3)11-16(4,5)18-10-12-7-8-14(19-6)13(17)9-12/h7-9,18H,10-11H2,1-6H3. The van der Waals surface area contributed by atoms with E-state index in [2.05, 4.69) is 39.9 Å². The number of methoxy groups -OCH3 is 1. The molecule has 0 heterocycles. The van der Waals surface area contributed by atoms with Crippen LogP contribution in [0.1, 0.15) is 46.6 Å². The highest BCUT2D eigenvalue weighted by molar-refractivity contribution is 6.32. The molecular formula is C16H26ClNO. The van der Waals surface area contributed by atoms with Crippen LogP contribution in [0.2, 0.25) is 5.02 Å². The predicted octanol–water partition coefficient (Wildman–Crippen LogP) is 4.65. The molecule has 0 bridgehead atoms. The van der Waals surface area contributed by atoms with E-state index in [4.69, 9.17) is 16.3 Å². The van der Waals surface area contributed by atoms with Gasteiger partial charge in [0.25, 0.3) is 0 Å². The summed E-state index contributed by atoms with van der Waals surface area (Å²) in [4.78, 5) is 0. The minimum Gasteiger partial charge on any atom is -0.495 e. The SMILES string of the molecule is COc1ccc(CNC(C)(C)CC(C)(C)C)cc1Cl. The molecule has 0 fully saturated rings. The third-order valence-corrected chi connectivity index (χ3v) is 3.25. The fourth-order valence-electron chi connectivity index (χ4n) is 2.55. The van der Waals surface area contributed by atoms with E-state index < -0.39 is 0 Å². The molecule has 19 heavy (non-hydrogen) atoms. The van der Waals surface area contributed by atoms with Crippen LogP contribution in [-0.2, 0) is 6.54 Å². The predicted molar refractivity (Wildman–Crippen MR) is 83.0 cm³/mol. The summed E-state index contributed by atoms with van der Waals surface area (Å²) in [6.45, 7) is 12.1. The van der Waals surface area contributed by atoms with Crippen LogP contribution in [0.5, 0.6) is 5.75 Å². The molecule has 0 radical (unpaired) electrons. The van der Waals surface area contributed by atoms with Gasteiger partial charge in [0.15, 0.2) is 0 Å². The van der Waals surface area contributed by atoms with Gasteiger partial charge in [-0.3, -0.25) is 0 Å². The molecule has 0 aliphatic rings. The van der Waals surface area contributed by atoms with Crippen LogP contribution >= 0.6 is 11.6 Å². The Labute approximate surface area is 122 Å². The van der Waals surface area contributed by atoms with Gasteiger partial charge in [0, 0.05) is 12.1 Å². The van der Waals surface area contributed by atoms with Crippen LogP contribution in [0.4, 0.5) is 0 Å². The van der Waals surface area contributed by atoms with E-state index in [9.17, 15) is 0 Å². The molecule has 1 aromatic rings. The van der Waals surface area contributed by atoms with Crippen molar-refractivity contribution in [3.63, 3.8) is 0 Å². The Bertz CT molecular complexity index is 421. The molecule has 0 aliphatic heterocycles. The average molecular weight is 284 g/mol. The number of benzene rings is 1. The van der Waals surface area contributed by atoms with E-state index in [1.165, 1.54) is 5.56 Å². The van der Waals surface area contributed by atoms with Crippen molar-refractivity contribution in [3.8, 4) is 5.75 Å². The molecule has 0 aliphatic carbocycles. The molecule has 0 saturated heterocycles. The lowest BCUT2D eigenvalue weighted by Gasteiger charge is -2.33. The van der Waals surface area contributed by atoms with Gasteiger partial charge in [0.1, 0.15) is 5.75 Å². The molecule has 1 rings (SSSR count). The highest BCUT2D eigenvalue weighted by Gasteiger charge is 2.24. The fraction of sp³-hybridized carbons (Fsp3) is 0.625. The van der Waals surface area contributed by atoms with Gasteiger partial charge in [0.05, 0.1) is 12.1 Å². The third kappa shape index (κ3) is 5.84. The maximum atomic E-state index is 6.13. The number of rotatable bonds is 5. The Hall–Kier alpha value is -0.730. The second-order valence-corrected chi connectivity index (χ2v) is 7.35. The molecule has 0 aromatic heterocycles. The summed E-state index contributed by atoms with van der Waals surface area (Å²) >= 11 is 6.13. The fourth-order valence-corrected chi connectivity index (χ4v) is 2.83. The molecule has 2 nitrogen and oxygen atoms in total. The van der Waals surface area contributed by atoms with Crippen LogP contribution in [-0.4, -0.2) is 12.6 Å². The molecule has 0 saturated carbocycles. The van der Waals surface area contributed by atoms with Crippen LogP contribution < -0.4 is 10.1 Å². The molecule has 0 atom stereocenters. The zero-order valence-corrected chi connectivity index (χ0v) is 13.7.